The largest absolute Gasteiger partial charge is 0.494 e. The molecule has 8 heteroatoms. The summed E-state index contributed by atoms with van der Waals surface area (Å²) in [6.45, 7) is 2.55. The number of nitrogens with one attached hydrogen (secondary N) is 1. The lowest BCUT2D eigenvalue weighted by atomic mass is 10.2. The highest BCUT2D eigenvalue weighted by molar-refractivity contribution is 7.92. The summed E-state index contributed by atoms with van der Waals surface area (Å²) in [6, 6.07) is 12.3. The number of hydrogen-bond acceptors (Lipinski definition) is 4. The zero-order valence-electron chi connectivity index (χ0n) is 15.3. The molecule has 0 aliphatic rings. The number of ether oxygens (including phenoxy) is 1. The smallest absolute Gasteiger partial charge is 0.232 e. The molecule has 0 aliphatic carbocycles. The molecule has 0 unspecified atom stereocenters. The molecule has 27 heavy (non-hydrogen) atoms. The van der Waals surface area contributed by atoms with Gasteiger partial charge in [-0.25, -0.2) is 12.8 Å². The van der Waals surface area contributed by atoms with E-state index in [0.717, 1.165) is 6.26 Å². The van der Waals surface area contributed by atoms with Gasteiger partial charge in [-0.3, -0.25) is 9.10 Å². The number of nitrogens with zero attached hydrogens (tertiary/aromatic N) is 1. The number of carbonyl (C=O) groups is 1. The zero-order valence-corrected chi connectivity index (χ0v) is 16.1. The van der Waals surface area contributed by atoms with Gasteiger partial charge in [-0.15, -0.1) is 0 Å². The van der Waals surface area contributed by atoms with E-state index in [-0.39, 0.29) is 18.9 Å². The van der Waals surface area contributed by atoms with Gasteiger partial charge in [-0.2, -0.15) is 0 Å². The van der Waals surface area contributed by atoms with Gasteiger partial charge in [0, 0.05) is 18.7 Å². The number of carbonyl (C=O) groups excluding carboxylic acids is 1. The van der Waals surface area contributed by atoms with Gasteiger partial charge in [-0.05, 0) is 55.8 Å². The Labute approximate surface area is 159 Å². The fourth-order valence-electron chi connectivity index (χ4n) is 2.53. The molecule has 2 aromatic carbocycles. The van der Waals surface area contributed by atoms with Crippen LogP contribution < -0.4 is 14.4 Å². The van der Waals surface area contributed by atoms with Crippen LogP contribution in [-0.4, -0.2) is 33.7 Å². The minimum atomic E-state index is -3.49. The molecule has 0 saturated heterocycles. The summed E-state index contributed by atoms with van der Waals surface area (Å²) < 4.78 is 43.9. The lowest BCUT2D eigenvalue weighted by Crippen LogP contribution is -2.31. The summed E-state index contributed by atoms with van der Waals surface area (Å²) in [5, 5.41) is 2.59. The molecule has 0 heterocycles. The lowest BCUT2D eigenvalue weighted by molar-refractivity contribution is -0.116. The van der Waals surface area contributed by atoms with E-state index in [2.05, 4.69) is 5.32 Å². The van der Waals surface area contributed by atoms with Crippen molar-refractivity contribution in [2.24, 2.45) is 0 Å². The predicted molar refractivity (Wildman–Crippen MR) is 104 cm³/mol. The van der Waals surface area contributed by atoms with Crippen molar-refractivity contribution in [2.45, 2.75) is 19.8 Å². The van der Waals surface area contributed by atoms with E-state index in [1.54, 1.807) is 30.3 Å². The third-order valence-electron chi connectivity index (χ3n) is 3.71. The van der Waals surface area contributed by atoms with E-state index < -0.39 is 15.8 Å². The Morgan fingerprint density at radius 2 is 1.89 bits per heavy atom. The highest BCUT2D eigenvalue weighted by Gasteiger charge is 2.17. The number of hydrogen-bond donors (Lipinski definition) is 1. The van der Waals surface area contributed by atoms with Crippen molar-refractivity contribution in [1.29, 1.82) is 0 Å². The second-order valence-electron chi connectivity index (χ2n) is 5.92. The van der Waals surface area contributed by atoms with E-state index in [1.165, 1.54) is 22.5 Å². The van der Waals surface area contributed by atoms with Crippen LogP contribution in [0.25, 0.3) is 0 Å². The normalized spacial score (nSPS) is 11.1. The fourth-order valence-corrected chi connectivity index (χ4v) is 3.50. The van der Waals surface area contributed by atoms with Crippen LogP contribution in [0.5, 0.6) is 5.75 Å². The summed E-state index contributed by atoms with van der Waals surface area (Å²) in [7, 11) is -3.49. The molecular formula is C19H23FN2O4S. The van der Waals surface area contributed by atoms with Gasteiger partial charge < -0.3 is 10.1 Å². The van der Waals surface area contributed by atoms with Gasteiger partial charge in [-0.1, -0.05) is 6.07 Å². The van der Waals surface area contributed by atoms with E-state index in [0.29, 0.717) is 30.2 Å². The van der Waals surface area contributed by atoms with E-state index in [1.807, 2.05) is 6.92 Å². The van der Waals surface area contributed by atoms with Crippen molar-refractivity contribution in [1.82, 2.24) is 0 Å². The first-order chi connectivity index (χ1) is 12.8. The summed E-state index contributed by atoms with van der Waals surface area (Å²) in [5.41, 5.74) is 0.873. The molecule has 0 aromatic heterocycles. The maximum Gasteiger partial charge on any atom is 0.232 e. The van der Waals surface area contributed by atoms with Crippen molar-refractivity contribution in [2.75, 3.05) is 29.0 Å². The highest BCUT2D eigenvalue weighted by atomic mass is 32.2. The topological polar surface area (TPSA) is 75.7 Å². The third-order valence-corrected chi connectivity index (χ3v) is 4.90. The van der Waals surface area contributed by atoms with Crippen LogP contribution in [0.4, 0.5) is 15.8 Å². The Hall–Kier alpha value is -2.61. The Kier molecular flexibility index (Phi) is 7.18. The SMILES string of the molecule is CCOc1ccc(N(CCCC(=O)Nc2cccc(F)c2)S(C)(=O)=O)cc1. The van der Waals surface area contributed by atoms with Gasteiger partial charge in [0.1, 0.15) is 11.6 Å². The minimum absolute atomic E-state index is 0.111. The van der Waals surface area contributed by atoms with Crippen LogP contribution in [-0.2, 0) is 14.8 Å². The van der Waals surface area contributed by atoms with Crippen molar-refractivity contribution in [3.63, 3.8) is 0 Å². The van der Waals surface area contributed by atoms with Crippen molar-refractivity contribution in [3.05, 3.63) is 54.3 Å². The van der Waals surface area contributed by atoms with Crippen molar-refractivity contribution in [3.8, 4) is 5.75 Å². The molecule has 2 rings (SSSR count). The van der Waals surface area contributed by atoms with Crippen LogP contribution >= 0.6 is 0 Å². The Bertz CT molecular complexity index is 870. The number of halogens is 1. The van der Waals surface area contributed by atoms with Crippen LogP contribution in [0.3, 0.4) is 0 Å². The summed E-state index contributed by atoms with van der Waals surface area (Å²) in [4.78, 5) is 12.0. The molecule has 0 radical (unpaired) electrons. The molecule has 0 saturated carbocycles. The molecule has 2 aromatic rings. The van der Waals surface area contributed by atoms with E-state index in [4.69, 9.17) is 4.74 Å². The number of anilines is 2. The van der Waals surface area contributed by atoms with Gasteiger partial charge in [0.2, 0.25) is 15.9 Å². The predicted octanol–water partition coefficient (Wildman–Crippen LogP) is 3.41. The maximum atomic E-state index is 13.1. The van der Waals surface area contributed by atoms with Crippen molar-refractivity contribution >= 4 is 27.3 Å². The van der Waals surface area contributed by atoms with Crippen LogP contribution in [0, 0.1) is 5.82 Å². The Morgan fingerprint density at radius 1 is 1.19 bits per heavy atom. The molecule has 0 aliphatic heterocycles. The highest BCUT2D eigenvalue weighted by Crippen LogP contribution is 2.22. The molecular weight excluding hydrogens is 371 g/mol. The molecule has 1 N–H and O–H groups in total. The summed E-state index contributed by atoms with van der Waals surface area (Å²) >= 11 is 0. The number of sulfonamides is 1. The van der Waals surface area contributed by atoms with E-state index in [9.17, 15) is 17.6 Å². The first-order valence-electron chi connectivity index (χ1n) is 8.55. The third kappa shape index (κ3) is 6.56. The molecule has 0 bridgehead atoms. The number of benzene rings is 2. The Morgan fingerprint density at radius 3 is 2.48 bits per heavy atom. The molecule has 6 nitrogen and oxygen atoms in total. The van der Waals surface area contributed by atoms with Crippen LogP contribution in [0.2, 0.25) is 0 Å². The molecule has 0 fully saturated rings. The average Bonchev–Trinajstić information content (AvgIpc) is 2.59. The number of amides is 1. The lowest BCUT2D eigenvalue weighted by Gasteiger charge is -2.22. The molecule has 146 valence electrons. The van der Waals surface area contributed by atoms with Gasteiger partial charge >= 0.3 is 0 Å². The van der Waals surface area contributed by atoms with Crippen LogP contribution in [0.1, 0.15) is 19.8 Å². The van der Waals surface area contributed by atoms with Gasteiger partial charge in [0.15, 0.2) is 0 Å². The molecule has 0 spiro atoms. The quantitative estimate of drug-likeness (QED) is 0.707. The van der Waals surface area contributed by atoms with Gasteiger partial charge in [0.05, 0.1) is 18.6 Å². The summed E-state index contributed by atoms with van der Waals surface area (Å²) in [5.74, 6) is -0.0866. The van der Waals surface area contributed by atoms with Gasteiger partial charge in [0.25, 0.3) is 0 Å². The molecule has 1 amide bonds. The monoisotopic (exact) mass is 394 g/mol. The maximum absolute atomic E-state index is 13.1. The van der Waals surface area contributed by atoms with Crippen LogP contribution in [0.15, 0.2) is 48.5 Å². The van der Waals surface area contributed by atoms with E-state index >= 15 is 0 Å². The fraction of sp³-hybridized carbons (Fsp3) is 0.316. The second-order valence-corrected chi connectivity index (χ2v) is 7.83. The van der Waals surface area contributed by atoms with Crippen molar-refractivity contribution < 1.29 is 22.3 Å². The first-order valence-corrected chi connectivity index (χ1v) is 10.4. The summed E-state index contributed by atoms with van der Waals surface area (Å²) in [6.07, 6.45) is 1.55. The second kappa shape index (κ2) is 9.36. The minimum Gasteiger partial charge on any atom is -0.494 e. The zero-order chi connectivity index (χ0) is 19.9. The number of rotatable bonds is 9. The Balaban J connectivity index is 1.95. The average molecular weight is 394 g/mol. The molecule has 0 atom stereocenters. The standard InChI is InChI=1S/C19H23FN2O4S/c1-3-26-18-11-9-17(10-12-18)22(27(2,24)25)13-5-8-19(23)21-16-7-4-6-15(20)14-16/h4,6-7,9-12,14H,3,5,8,13H2,1-2H3,(H,21,23). The first kappa shape index (κ1) is 20.7.